The number of rotatable bonds is 6. The second-order valence-electron chi connectivity index (χ2n) is 5.03. The molecule has 0 heterocycles. The van der Waals surface area contributed by atoms with Crippen LogP contribution in [0, 0.1) is 0 Å². The summed E-state index contributed by atoms with van der Waals surface area (Å²) < 4.78 is 0. The predicted octanol–water partition coefficient (Wildman–Crippen LogP) is 2.25. The highest BCUT2D eigenvalue weighted by Gasteiger charge is 2.15. The average molecular weight is 264 g/mol. The van der Waals surface area contributed by atoms with E-state index >= 15 is 0 Å². The van der Waals surface area contributed by atoms with E-state index in [2.05, 4.69) is 29.7 Å². The van der Waals surface area contributed by atoms with Gasteiger partial charge >= 0.3 is 6.03 Å². The predicted molar refractivity (Wildman–Crippen MR) is 77.2 cm³/mol. The molecule has 1 aromatic rings. The molecule has 0 aliphatic rings. The molecule has 0 aromatic heterocycles. The summed E-state index contributed by atoms with van der Waals surface area (Å²) in [6, 6.07) is 9.98. The molecule has 1 rings (SSSR count). The molecule has 0 radical (unpaired) electrons. The fourth-order valence-electron chi connectivity index (χ4n) is 1.82. The molecule has 0 bridgehead atoms. The van der Waals surface area contributed by atoms with E-state index in [1.54, 1.807) is 6.92 Å². The maximum atomic E-state index is 11.7. The Morgan fingerprint density at radius 1 is 1.21 bits per heavy atom. The van der Waals surface area contributed by atoms with Gasteiger partial charge < -0.3 is 15.7 Å². The van der Waals surface area contributed by atoms with E-state index in [1.807, 2.05) is 25.1 Å². The number of hydrogen-bond acceptors (Lipinski definition) is 2. The Balaban J connectivity index is 2.37. The Bertz CT molecular complexity index is 379. The van der Waals surface area contributed by atoms with Crippen LogP contribution in [0.15, 0.2) is 30.3 Å². The molecule has 3 unspecified atom stereocenters. The number of nitrogens with one attached hydrogen (secondary N) is 2. The minimum Gasteiger partial charge on any atom is -0.393 e. The smallest absolute Gasteiger partial charge is 0.315 e. The summed E-state index contributed by atoms with van der Waals surface area (Å²) in [4.78, 5) is 11.7. The number of carbonyl (C=O) groups is 1. The third kappa shape index (κ3) is 5.75. The molecular formula is C15H24N2O2. The number of urea groups is 1. The van der Waals surface area contributed by atoms with Crippen molar-refractivity contribution in [3.8, 4) is 0 Å². The Morgan fingerprint density at radius 2 is 1.84 bits per heavy atom. The molecule has 106 valence electrons. The second kappa shape index (κ2) is 7.79. The first-order chi connectivity index (χ1) is 9.00. The van der Waals surface area contributed by atoms with Crippen LogP contribution in [0.3, 0.4) is 0 Å². The van der Waals surface area contributed by atoms with E-state index in [-0.39, 0.29) is 24.1 Å². The van der Waals surface area contributed by atoms with E-state index in [0.717, 1.165) is 0 Å². The van der Waals surface area contributed by atoms with Gasteiger partial charge in [0.25, 0.3) is 0 Å². The fourth-order valence-corrected chi connectivity index (χ4v) is 1.82. The van der Waals surface area contributed by atoms with Gasteiger partial charge in [-0.3, -0.25) is 0 Å². The van der Waals surface area contributed by atoms with Crippen molar-refractivity contribution in [2.75, 3.05) is 6.54 Å². The van der Waals surface area contributed by atoms with Crippen LogP contribution < -0.4 is 10.6 Å². The molecule has 4 nitrogen and oxygen atoms in total. The highest BCUT2D eigenvalue weighted by atomic mass is 16.3. The number of benzene rings is 1. The maximum Gasteiger partial charge on any atom is 0.315 e. The van der Waals surface area contributed by atoms with Crippen molar-refractivity contribution in [2.24, 2.45) is 0 Å². The largest absolute Gasteiger partial charge is 0.393 e. The summed E-state index contributed by atoms with van der Waals surface area (Å²) in [7, 11) is 0. The number of amides is 2. The van der Waals surface area contributed by atoms with E-state index in [9.17, 15) is 4.79 Å². The number of aliphatic hydroxyl groups excluding tert-OH is 1. The molecule has 0 saturated carbocycles. The zero-order valence-corrected chi connectivity index (χ0v) is 11.9. The van der Waals surface area contributed by atoms with Crippen molar-refractivity contribution < 1.29 is 9.90 Å². The van der Waals surface area contributed by atoms with Crippen molar-refractivity contribution in [2.45, 2.75) is 45.3 Å². The van der Waals surface area contributed by atoms with Gasteiger partial charge in [0, 0.05) is 18.5 Å². The van der Waals surface area contributed by atoms with Crippen LogP contribution >= 0.6 is 0 Å². The Morgan fingerprint density at radius 3 is 2.42 bits per heavy atom. The lowest BCUT2D eigenvalue weighted by atomic mass is 9.95. The molecule has 4 heteroatoms. The van der Waals surface area contributed by atoms with Gasteiger partial charge in [0.05, 0.1) is 6.10 Å². The average Bonchev–Trinajstić information content (AvgIpc) is 2.38. The van der Waals surface area contributed by atoms with Crippen LogP contribution in [-0.4, -0.2) is 29.8 Å². The monoisotopic (exact) mass is 264 g/mol. The van der Waals surface area contributed by atoms with Crippen LogP contribution in [0.25, 0.3) is 0 Å². The van der Waals surface area contributed by atoms with E-state index in [0.29, 0.717) is 13.0 Å². The van der Waals surface area contributed by atoms with Gasteiger partial charge in [-0.1, -0.05) is 37.3 Å². The summed E-state index contributed by atoms with van der Waals surface area (Å²) in [6.07, 6.45) is 0.178. The molecule has 0 fully saturated rings. The van der Waals surface area contributed by atoms with Crippen LogP contribution in [-0.2, 0) is 0 Å². The summed E-state index contributed by atoms with van der Waals surface area (Å²) in [6.45, 7) is 6.28. The summed E-state index contributed by atoms with van der Waals surface area (Å²) in [5, 5.41) is 14.8. The Labute approximate surface area is 115 Å². The minimum atomic E-state index is -0.388. The maximum absolute atomic E-state index is 11.7. The first-order valence-corrected chi connectivity index (χ1v) is 6.78. The molecule has 0 spiro atoms. The van der Waals surface area contributed by atoms with Crippen molar-refractivity contribution in [3.63, 3.8) is 0 Å². The molecule has 19 heavy (non-hydrogen) atoms. The molecule has 0 aliphatic heterocycles. The Hall–Kier alpha value is -1.55. The summed E-state index contributed by atoms with van der Waals surface area (Å²) in [5.41, 5.74) is 1.21. The number of carbonyl (C=O) groups excluding carboxylic acids is 1. The standard InChI is InChI=1S/C15H24N2O2/c1-11(18)9-10-16-15(19)17-13(3)12(2)14-7-5-4-6-8-14/h4-8,11-13,18H,9-10H2,1-3H3,(H2,16,17,19). The van der Waals surface area contributed by atoms with Crippen molar-refractivity contribution in [1.82, 2.24) is 10.6 Å². The third-order valence-electron chi connectivity index (χ3n) is 3.28. The van der Waals surface area contributed by atoms with E-state index < -0.39 is 0 Å². The molecule has 3 atom stereocenters. The zero-order chi connectivity index (χ0) is 14.3. The normalized spacial score (nSPS) is 15.4. The van der Waals surface area contributed by atoms with Gasteiger partial charge in [-0.25, -0.2) is 4.79 Å². The summed E-state index contributed by atoms with van der Waals surface area (Å²) >= 11 is 0. The molecule has 3 N–H and O–H groups in total. The van der Waals surface area contributed by atoms with Gasteiger partial charge in [-0.15, -0.1) is 0 Å². The molecule has 0 aliphatic carbocycles. The fraction of sp³-hybridized carbons (Fsp3) is 0.533. The van der Waals surface area contributed by atoms with Crippen LogP contribution in [0.5, 0.6) is 0 Å². The highest BCUT2D eigenvalue weighted by Crippen LogP contribution is 2.18. The van der Waals surface area contributed by atoms with Crippen molar-refractivity contribution >= 4 is 6.03 Å². The van der Waals surface area contributed by atoms with Crippen molar-refractivity contribution in [1.29, 1.82) is 0 Å². The van der Waals surface area contributed by atoms with Crippen molar-refractivity contribution in [3.05, 3.63) is 35.9 Å². The molecule has 2 amide bonds. The van der Waals surface area contributed by atoms with Crippen LogP contribution in [0.4, 0.5) is 4.79 Å². The lowest BCUT2D eigenvalue weighted by Crippen LogP contribution is -2.43. The minimum absolute atomic E-state index is 0.0500. The molecular weight excluding hydrogens is 240 g/mol. The van der Waals surface area contributed by atoms with Crippen LogP contribution in [0.1, 0.15) is 38.7 Å². The quantitative estimate of drug-likeness (QED) is 0.738. The topological polar surface area (TPSA) is 61.4 Å². The SMILES string of the molecule is CC(O)CCNC(=O)NC(C)C(C)c1ccccc1. The van der Waals surface area contributed by atoms with E-state index in [1.165, 1.54) is 5.56 Å². The van der Waals surface area contributed by atoms with Gasteiger partial charge in [0.2, 0.25) is 0 Å². The van der Waals surface area contributed by atoms with E-state index in [4.69, 9.17) is 5.11 Å². The Kier molecular flexibility index (Phi) is 6.36. The third-order valence-corrected chi connectivity index (χ3v) is 3.28. The highest BCUT2D eigenvalue weighted by molar-refractivity contribution is 5.74. The van der Waals surface area contributed by atoms with Gasteiger partial charge in [0.15, 0.2) is 0 Å². The summed E-state index contributed by atoms with van der Waals surface area (Å²) in [5.74, 6) is 0.253. The first kappa shape index (κ1) is 15.5. The second-order valence-corrected chi connectivity index (χ2v) is 5.03. The lowest BCUT2D eigenvalue weighted by molar-refractivity contribution is 0.183. The lowest BCUT2D eigenvalue weighted by Gasteiger charge is -2.22. The van der Waals surface area contributed by atoms with Gasteiger partial charge in [0.1, 0.15) is 0 Å². The zero-order valence-electron chi connectivity index (χ0n) is 11.9. The number of hydrogen-bond donors (Lipinski definition) is 3. The van der Waals surface area contributed by atoms with Gasteiger partial charge in [-0.2, -0.15) is 0 Å². The number of aliphatic hydroxyl groups is 1. The van der Waals surface area contributed by atoms with Gasteiger partial charge in [-0.05, 0) is 25.8 Å². The first-order valence-electron chi connectivity index (χ1n) is 6.78. The molecule has 0 saturated heterocycles. The van der Waals surface area contributed by atoms with Crippen LogP contribution in [0.2, 0.25) is 0 Å². The molecule has 1 aromatic carbocycles.